The van der Waals surface area contributed by atoms with E-state index in [1.165, 1.54) is 30.5 Å². The zero-order valence-electron chi connectivity index (χ0n) is 15.3. The average Bonchev–Trinajstić information content (AvgIpc) is 3.25. The standard InChI is InChI=1S/C20H19ClN2O5S/c21-16-5-7-17(8-6-16)28-13-11-22-20(24)15-3-9-19(10-4-15)29(25,26)23-14-18-2-1-12-27-18/h1-10,12,23H,11,13-14H2,(H,22,24). The van der Waals surface area contributed by atoms with Crippen molar-refractivity contribution in [3.05, 3.63) is 83.3 Å². The number of halogens is 1. The quantitative estimate of drug-likeness (QED) is 0.504. The number of hydrogen-bond acceptors (Lipinski definition) is 5. The molecule has 0 saturated heterocycles. The summed E-state index contributed by atoms with van der Waals surface area (Å²) >= 11 is 5.80. The maximum Gasteiger partial charge on any atom is 0.251 e. The fraction of sp³-hybridized carbons (Fsp3) is 0.150. The molecule has 0 aliphatic rings. The van der Waals surface area contributed by atoms with Gasteiger partial charge in [-0.25, -0.2) is 13.1 Å². The second kappa shape index (κ2) is 9.60. The van der Waals surface area contributed by atoms with Crippen LogP contribution in [0.1, 0.15) is 16.1 Å². The molecule has 9 heteroatoms. The first kappa shape index (κ1) is 20.9. The van der Waals surface area contributed by atoms with E-state index in [0.29, 0.717) is 28.6 Å². The molecule has 0 fully saturated rings. The van der Waals surface area contributed by atoms with Crippen LogP contribution in [0, 0.1) is 0 Å². The Bertz CT molecular complexity index is 1030. The number of amides is 1. The minimum atomic E-state index is -3.70. The van der Waals surface area contributed by atoms with Gasteiger partial charge in [-0.05, 0) is 60.7 Å². The lowest BCUT2D eigenvalue weighted by Gasteiger charge is -2.09. The Balaban J connectivity index is 1.48. The van der Waals surface area contributed by atoms with Crippen LogP contribution in [0.5, 0.6) is 5.75 Å². The largest absolute Gasteiger partial charge is 0.492 e. The number of hydrogen-bond donors (Lipinski definition) is 2. The smallest absolute Gasteiger partial charge is 0.251 e. The van der Waals surface area contributed by atoms with Gasteiger partial charge >= 0.3 is 0 Å². The lowest BCUT2D eigenvalue weighted by atomic mass is 10.2. The minimum absolute atomic E-state index is 0.0468. The van der Waals surface area contributed by atoms with Gasteiger partial charge in [0, 0.05) is 10.6 Å². The highest BCUT2D eigenvalue weighted by atomic mass is 35.5. The van der Waals surface area contributed by atoms with Crippen molar-refractivity contribution in [3.63, 3.8) is 0 Å². The number of rotatable bonds is 9. The highest BCUT2D eigenvalue weighted by Crippen LogP contribution is 2.15. The molecular formula is C20H19ClN2O5S. The Kier molecular flexibility index (Phi) is 6.92. The van der Waals surface area contributed by atoms with Gasteiger partial charge in [0.05, 0.1) is 24.2 Å². The van der Waals surface area contributed by atoms with Crippen LogP contribution in [-0.2, 0) is 16.6 Å². The summed E-state index contributed by atoms with van der Waals surface area (Å²) in [6.07, 6.45) is 1.47. The number of furan rings is 1. The molecule has 152 valence electrons. The van der Waals surface area contributed by atoms with Crippen LogP contribution in [0.25, 0.3) is 0 Å². The molecule has 0 aliphatic carbocycles. The molecule has 0 bridgehead atoms. The highest BCUT2D eigenvalue weighted by Gasteiger charge is 2.15. The van der Waals surface area contributed by atoms with Crippen molar-refractivity contribution >= 4 is 27.5 Å². The second-order valence-electron chi connectivity index (χ2n) is 5.99. The molecule has 1 amide bonds. The summed E-state index contributed by atoms with van der Waals surface area (Å²) in [5.74, 6) is 0.836. The lowest BCUT2D eigenvalue weighted by Crippen LogP contribution is -2.28. The Morgan fingerprint density at radius 2 is 1.76 bits per heavy atom. The van der Waals surface area contributed by atoms with E-state index in [1.807, 2.05) is 0 Å². The van der Waals surface area contributed by atoms with E-state index in [4.69, 9.17) is 20.8 Å². The van der Waals surface area contributed by atoms with Crippen LogP contribution in [0.3, 0.4) is 0 Å². The number of carbonyl (C=O) groups is 1. The van der Waals surface area contributed by atoms with Crippen molar-refractivity contribution < 1.29 is 22.4 Å². The van der Waals surface area contributed by atoms with Crippen LogP contribution in [0.15, 0.2) is 76.2 Å². The molecule has 1 aromatic heterocycles. The Morgan fingerprint density at radius 3 is 2.41 bits per heavy atom. The Labute approximate surface area is 173 Å². The molecule has 2 N–H and O–H groups in total. The average molecular weight is 435 g/mol. The summed E-state index contributed by atoms with van der Waals surface area (Å²) in [5.41, 5.74) is 0.349. The van der Waals surface area contributed by atoms with Crippen molar-refractivity contribution in [2.45, 2.75) is 11.4 Å². The van der Waals surface area contributed by atoms with Crippen molar-refractivity contribution in [1.82, 2.24) is 10.0 Å². The van der Waals surface area contributed by atoms with E-state index in [1.54, 1.807) is 36.4 Å². The molecule has 0 atom stereocenters. The maximum atomic E-state index is 12.3. The Morgan fingerprint density at radius 1 is 1.03 bits per heavy atom. The molecule has 7 nitrogen and oxygen atoms in total. The van der Waals surface area contributed by atoms with E-state index >= 15 is 0 Å². The van der Waals surface area contributed by atoms with Gasteiger partial charge in [-0.1, -0.05) is 11.6 Å². The van der Waals surface area contributed by atoms with Crippen molar-refractivity contribution in [2.75, 3.05) is 13.2 Å². The van der Waals surface area contributed by atoms with E-state index in [-0.39, 0.29) is 24.0 Å². The van der Waals surface area contributed by atoms with Gasteiger partial charge in [0.1, 0.15) is 18.1 Å². The first-order valence-corrected chi connectivity index (χ1v) is 10.6. The third-order valence-electron chi connectivity index (χ3n) is 3.91. The summed E-state index contributed by atoms with van der Waals surface area (Å²) in [6.45, 7) is 0.633. The first-order valence-electron chi connectivity index (χ1n) is 8.73. The van der Waals surface area contributed by atoms with Crippen LogP contribution >= 0.6 is 11.6 Å². The fourth-order valence-corrected chi connectivity index (χ4v) is 3.53. The van der Waals surface area contributed by atoms with Crippen LogP contribution in [-0.4, -0.2) is 27.5 Å². The van der Waals surface area contributed by atoms with Crippen molar-refractivity contribution in [2.24, 2.45) is 0 Å². The van der Waals surface area contributed by atoms with Crippen LogP contribution in [0.4, 0.5) is 0 Å². The molecule has 29 heavy (non-hydrogen) atoms. The van der Waals surface area contributed by atoms with Gasteiger partial charge in [-0.15, -0.1) is 0 Å². The lowest BCUT2D eigenvalue weighted by molar-refractivity contribution is 0.0947. The summed E-state index contributed by atoms with van der Waals surface area (Å²) in [6, 6.07) is 15.9. The number of nitrogens with one attached hydrogen (secondary N) is 2. The van der Waals surface area contributed by atoms with E-state index in [2.05, 4.69) is 10.0 Å². The van der Waals surface area contributed by atoms with Crippen molar-refractivity contribution in [3.8, 4) is 5.75 Å². The normalized spacial score (nSPS) is 11.2. The van der Waals surface area contributed by atoms with Gasteiger partial charge in [0.15, 0.2) is 0 Å². The molecule has 0 spiro atoms. The zero-order valence-corrected chi connectivity index (χ0v) is 16.9. The van der Waals surface area contributed by atoms with Gasteiger partial charge in [-0.3, -0.25) is 4.79 Å². The summed E-state index contributed by atoms with van der Waals surface area (Å²) < 4.78 is 37.6. The molecule has 0 aliphatic heterocycles. The molecule has 0 radical (unpaired) electrons. The van der Waals surface area contributed by atoms with Gasteiger partial charge in [0.2, 0.25) is 10.0 Å². The van der Waals surface area contributed by atoms with Crippen LogP contribution in [0.2, 0.25) is 5.02 Å². The zero-order chi connectivity index (χ0) is 20.7. The molecule has 3 rings (SSSR count). The van der Waals surface area contributed by atoms with E-state index in [0.717, 1.165) is 0 Å². The summed E-state index contributed by atoms with van der Waals surface area (Å²) in [7, 11) is -3.70. The van der Waals surface area contributed by atoms with Crippen molar-refractivity contribution in [1.29, 1.82) is 0 Å². The third kappa shape index (κ3) is 6.08. The minimum Gasteiger partial charge on any atom is -0.492 e. The summed E-state index contributed by atoms with van der Waals surface area (Å²) in [5, 5.41) is 3.33. The summed E-state index contributed by atoms with van der Waals surface area (Å²) in [4.78, 5) is 12.2. The highest BCUT2D eigenvalue weighted by molar-refractivity contribution is 7.89. The number of benzene rings is 2. The number of ether oxygens (including phenoxy) is 1. The topological polar surface area (TPSA) is 97.6 Å². The fourth-order valence-electron chi connectivity index (χ4n) is 2.41. The predicted molar refractivity (Wildman–Crippen MR) is 108 cm³/mol. The molecule has 3 aromatic rings. The predicted octanol–water partition coefficient (Wildman–Crippen LogP) is 3.22. The maximum absolute atomic E-state index is 12.3. The second-order valence-corrected chi connectivity index (χ2v) is 8.19. The van der Waals surface area contributed by atoms with Gasteiger partial charge in [-0.2, -0.15) is 0 Å². The van der Waals surface area contributed by atoms with Gasteiger partial charge < -0.3 is 14.5 Å². The van der Waals surface area contributed by atoms with E-state index in [9.17, 15) is 13.2 Å². The first-order chi connectivity index (χ1) is 13.9. The van der Waals surface area contributed by atoms with E-state index < -0.39 is 10.0 Å². The molecule has 2 aromatic carbocycles. The SMILES string of the molecule is O=C(NCCOc1ccc(Cl)cc1)c1ccc(S(=O)(=O)NCc2ccco2)cc1. The number of carbonyl (C=O) groups excluding carboxylic acids is 1. The molecule has 0 saturated carbocycles. The third-order valence-corrected chi connectivity index (χ3v) is 5.58. The molecule has 0 unspecified atom stereocenters. The van der Waals surface area contributed by atoms with Crippen LogP contribution < -0.4 is 14.8 Å². The van der Waals surface area contributed by atoms with Gasteiger partial charge in [0.25, 0.3) is 5.91 Å². The molecule has 1 heterocycles. The number of sulfonamides is 1. The monoisotopic (exact) mass is 434 g/mol. The Hall–Kier alpha value is -2.81. The molecular weight excluding hydrogens is 416 g/mol.